The van der Waals surface area contributed by atoms with E-state index in [0.717, 1.165) is 19.7 Å². The van der Waals surface area contributed by atoms with E-state index >= 15 is 0 Å². The van der Waals surface area contributed by atoms with Crippen LogP contribution in [0.1, 0.15) is 26.7 Å². The van der Waals surface area contributed by atoms with E-state index in [0.29, 0.717) is 18.8 Å². The lowest BCUT2D eigenvalue weighted by atomic mass is 10.1. The predicted molar refractivity (Wildman–Crippen MR) is 52.9 cm³/mol. The van der Waals surface area contributed by atoms with Gasteiger partial charge in [0, 0.05) is 6.54 Å². The molecule has 3 nitrogen and oxygen atoms in total. The second-order valence-corrected chi connectivity index (χ2v) is 3.76. The molecule has 0 aromatic carbocycles. The Labute approximate surface area is 80.8 Å². The minimum absolute atomic E-state index is 0.313. The molecule has 1 aliphatic rings. The zero-order valence-electron chi connectivity index (χ0n) is 8.71. The summed E-state index contributed by atoms with van der Waals surface area (Å²) in [5.41, 5.74) is 0. The molecule has 1 fully saturated rings. The molecule has 0 aliphatic carbocycles. The van der Waals surface area contributed by atoms with Gasteiger partial charge in [-0.15, -0.1) is 0 Å². The molecule has 0 aromatic heterocycles. The van der Waals surface area contributed by atoms with Gasteiger partial charge in [-0.3, -0.25) is 0 Å². The molecule has 3 heteroatoms. The van der Waals surface area contributed by atoms with Crippen LogP contribution in [0.5, 0.6) is 0 Å². The topological polar surface area (TPSA) is 30.5 Å². The van der Waals surface area contributed by atoms with Crippen LogP contribution in [0.25, 0.3) is 0 Å². The molecule has 1 N–H and O–H groups in total. The summed E-state index contributed by atoms with van der Waals surface area (Å²) in [4.78, 5) is 0. The van der Waals surface area contributed by atoms with Gasteiger partial charge in [0.05, 0.1) is 25.4 Å². The van der Waals surface area contributed by atoms with Crippen LogP contribution in [0.4, 0.5) is 0 Å². The van der Waals surface area contributed by atoms with Crippen molar-refractivity contribution >= 4 is 0 Å². The van der Waals surface area contributed by atoms with Crippen molar-refractivity contribution in [2.24, 2.45) is 0 Å². The summed E-state index contributed by atoms with van der Waals surface area (Å²) in [5, 5.41) is 3.32. The van der Waals surface area contributed by atoms with Crippen molar-refractivity contribution in [1.29, 1.82) is 0 Å². The molecule has 1 heterocycles. The Balaban J connectivity index is 1.92. The molecule has 1 aliphatic heterocycles. The number of hydrogen-bond acceptors (Lipinski definition) is 3. The van der Waals surface area contributed by atoms with Crippen molar-refractivity contribution in [3.05, 3.63) is 0 Å². The maximum absolute atomic E-state index is 5.65. The van der Waals surface area contributed by atoms with Gasteiger partial charge in [0.15, 0.2) is 0 Å². The average Bonchev–Trinajstić information content (AvgIpc) is 2.14. The van der Waals surface area contributed by atoms with Gasteiger partial charge >= 0.3 is 0 Å². The van der Waals surface area contributed by atoms with Crippen LogP contribution < -0.4 is 5.32 Å². The standard InChI is InChI=1S/C10H21NO2/c1-9(2)12-6-7-13-10-4-3-5-11-8-10/h9-11H,3-8H2,1-2H3/t10-/m0/s1. The molecule has 0 unspecified atom stereocenters. The molecule has 13 heavy (non-hydrogen) atoms. The molecule has 0 aromatic rings. The molecule has 0 spiro atoms. The van der Waals surface area contributed by atoms with Gasteiger partial charge in [-0.1, -0.05) is 0 Å². The zero-order valence-corrected chi connectivity index (χ0v) is 8.71. The minimum Gasteiger partial charge on any atom is -0.376 e. The van der Waals surface area contributed by atoms with Crippen molar-refractivity contribution in [1.82, 2.24) is 5.32 Å². The Bertz CT molecular complexity index is 122. The molecule has 1 atom stereocenters. The normalized spacial score (nSPS) is 23.8. The fourth-order valence-electron chi connectivity index (χ4n) is 1.46. The lowest BCUT2D eigenvalue weighted by molar-refractivity contribution is -0.0192. The molecule has 0 saturated carbocycles. The van der Waals surface area contributed by atoms with E-state index in [1.54, 1.807) is 0 Å². The van der Waals surface area contributed by atoms with Gasteiger partial charge in [0.1, 0.15) is 0 Å². The lowest BCUT2D eigenvalue weighted by Crippen LogP contribution is -2.36. The average molecular weight is 187 g/mol. The maximum atomic E-state index is 5.65. The first-order valence-corrected chi connectivity index (χ1v) is 5.23. The Morgan fingerprint density at radius 2 is 2.23 bits per heavy atom. The van der Waals surface area contributed by atoms with Gasteiger partial charge in [0.2, 0.25) is 0 Å². The molecular weight excluding hydrogens is 166 g/mol. The number of hydrogen-bond donors (Lipinski definition) is 1. The van der Waals surface area contributed by atoms with E-state index in [9.17, 15) is 0 Å². The predicted octanol–water partition coefficient (Wildman–Crippen LogP) is 1.18. The fourth-order valence-corrected chi connectivity index (χ4v) is 1.46. The van der Waals surface area contributed by atoms with E-state index in [4.69, 9.17) is 9.47 Å². The van der Waals surface area contributed by atoms with E-state index in [2.05, 4.69) is 5.32 Å². The smallest absolute Gasteiger partial charge is 0.0705 e. The molecule has 78 valence electrons. The van der Waals surface area contributed by atoms with E-state index in [-0.39, 0.29) is 0 Å². The summed E-state index contributed by atoms with van der Waals surface area (Å²) in [6.07, 6.45) is 3.14. The van der Waals surface area contributed by atoms with Crippen LogP contribution >= 0.6 is 0 Å². The lowest BCUT2D eigenvalue weighted by Gasteiger charge is -2.23. The van der Waals surface area contributed by atoms with Crippen molar-refractivity contribution in [3.63, 3.8) is 0 Å². The summed E-state index contributed by atoms with van der Waals surface area (Å²) < 4.78 is 11.0. The third kappa shape index (κ3) is 5.24. The Kier molecular flexibility index (Phi) is 5.35. The molecule has 0 amide bonds. The van der Waals surface area contributed by atoms with Crippen LogP contribution in [0, 0.1) is 0 Å². The van der Waals surface area contributed by atoms with E-state index in [1.165, 1.54) is 12.8 Å². The van der Waals surface area contributed by atoms with Crippen LogP contribution in [-0.4, -0.2) is 38.5 Å². The van der Waals surface area contributed by atoms with Gasteiger partial charge in [-0.05, 0) is 33.2 Å². The van der Waals surface area contributed by atoms with Crippen LogP contribution in [0.15, 0.2) is 0 Å². The number of piperidine rings is 1. The first kappa shape index (κ1) is 11.0. The van der Waals surface area contributed by atoms with Gasteiger partial charge in [0.25, 0.3) is 0 Å². The third-order valence-electron chi connectivity index (χ3n) is 2.14. The summed E-state index contributed by atoms with van der Waals surface area (Å²) in [6.45, 7) is 7.67. The summed E-state index contributed by atoms with van der Waals surface area (Å²) in [6, 6.07) is 0. The van der Waals surface area contributed by atoms with Gasteiger partial charge < -0.3 is 14.8 Å². The highest BCUT2D eigenvalue weighted by Crippen LogP contribution is 2.05. The van der Waals surface area contributed by atoms with Crippen molar-refractivity contribution < 1.29 is 9.47 Å². The fraction of sp³-hybridized carbons (Fsp3) is 1.00. The van der Waals surface area contributed by atoms with Crippen LogP contribution in [0.2, 0.25) is 0 Å². The molecule has 1 rings (SSSR count). The second-order valence-electron chi connectivity index (χ2n) is 3.76. The first-order chi connectivity index (χ1) is 6.29. The summed E-state index contributed by atoms with van der Waals surface area (Å²) in [7, 11) is 0. The zero-order chi connectivity index (χ0) is 9.52. The first-order valence-electron chi connectivity index (χ1n) is 5.23. The van der Waals surface area contributed by atoms with Crippen LogP contribution in [-0.2, 0) is 9.47 Å². The highest BCUT2D eigenvalue weighted by Gasteiger charge is 2.12. The number of nitrogens with one attached hydrogen (secondary N) is 1. The number of rotatable bonds is 5. The SMILES string of the molecule is CC(C)OCCO[C@H]1CCCNC1. The second kappa shape index (κ2) is 6.35. The van der Waals surface area contributed by atoms with Gasteiger partial charge in [-0.25, -0.2) is 0 Å². The van der Waals surface area contributed by atoms with Crippen molar-refractivity contribution in [2.45, 2.75) is 38.9 Å². The quantitative estimate of drug-likeness (QED) is 0.656. The Morgan fingerprint density at radius 1 is 1.38 bits per heavy atom. The van der Waals surface area contributed by atoms with Crippen LogP contribution in [0.3, 0.4) is 0 Å². The largest absolute Gasteiger partial charge is 0.376 e. The molecular formula is C10H21NO2. The Morgan fingerprint density at radius 3 is 2.85 bits per heavy atom. The van der Waals surface area contributed by atoms with Crippen molar-refractivity contribution in [3.8, 4) is 0 Å². The highest BCUT2D eigenvalue weighted by molar-refractivity contribution is 4.68. The molecule has 0 bridgehead atoms. The maximum Gasteiger partial charge on any atom is 0.0705 e. The highest BCUT2D eigenvalue weighted by atomic mass is 16.5. The molecule has 1 saturated heterocycles. The molecule has 0 radical (unpaired) electrons. The monoisotopic (exact) mass is 187 g/mol. The number of ether oxygens (including phenoxy) is 2. The summed E-state index contributed by atoms with van der Waals surface area (Å²) in [5.74, 6) is 0. The summed E-state index contributed by atoms with van der Waals surface area (Å²) >= 11 is 0. The van der Waals surface area contributed by atoms with Crippen molar-refractivity contribution in [2.75, 3.05) is 26.3 Å². The Hall–Kier alpha value is -0.120. The van der Waals surface area contributed by atoms with E-state index < -0.39 is 0 Å². The minimum atomic E-state index is 0.313. The van der Waals surface area contributed by atoms with E-state index in [1.807, 2.05) is 13.8 Å². The van der Waals surface area contributed by atoms with Gasteiger partial charge in [-0.2, -0.15) is 0 Å². The third-order valence-corrected chi connectivity index (χ3v) is 2.14.